The molecule has 3 aromatic rings. The Morgan fingerprint density at radius 1 is 1.17 bits per heavy atom. The number of methoxy groups -OCH3 is 1. The minimum absolute atomic E-state index is 0.754. The predicted octanol–water partition coefficient (Wildman–Crippen LogP) is 5.91. The van der Waals surface area contributed by atoms with Crippen LogP contribution in [0.15, 0.2) is 71.2 Å². The van der Waals surface area contributed by atoms with Crippen molar-refractivity contribution < 1.29 is 4.74 Å². The van der Waals surface area contributed by atoms with Crippen molar-refractivity contribution in [1.82, 2.24) is 9.97 Å². The number of rotatable bonds is 7. The van der Waals surface area contributed by atoms with E-state index in [0.717, 1.165) is 52.8 Å². The van der Waals surface area contributed by atoms with Gasteiger partial charge in [-0.05, 0) is 60.4 Å². The second-order valence-corrected chi connectivity index (χ2v) is 7.55. The Balaban J connectivity index is 1.69. The van der Waals surface area contributed by atoms with E-state index in [1.165, 1.54) is 16.8 Å². The van der Waals surface area contributed by atoms with Crippen molar-refractivity contribution in [1.29, 1.82) is 0 Å². The molecule has 148 valence electrons. The highest BCUT2D eigenvalue weighted by molar-refractivity contribution is 6.30. The number of hydrogen-bond acceptors (Lipinski definition) is 2. The number of allylic oxidation sites excluding steroid dienone is 1. The molecule has 3 heterocycles. The van der Waals surface area contributed by atoms with Crippen LogP contribution in [-0.4, -0.2) is 22.8 Å². The van der Waals surface area contributed by atoms with Crippen molar-refractivity contribution in [2.45, 2.75) is 26.2 Å². The van der Waals surface area contributed by atoms with E-state index >= 15 is 0 Å². The molecule has 4 rings (SSSR count). The van der Waals surface area contributed by atoms with Crippen LogP contribution in [-0.2, 0) is 17.6 Å². The highest BCUT2D eigenvalue weighted by Crippen LogP contribution is 2.27. The Bertz CT molecular complexity index is 1070. The van der Waals surface area contributed by atoms with Crippen LogP contribution < -0.4 is 0 Å². The van der Waals surface area contributed by atoms with Crippen LogP contribution in [0.2, 0.25) is 5.02 Å². The van der Waals surface area contributed by atoms with E-state index in [4.69, 9.17) is 21.3 Å². The number of aromatic amines is 2. The van der Waals surface area contributed by atoms with E-state index in [1.807, 2.05) is 36.5 Å². The minimum Gasteiger partial charge on any atom is -0.494 e. The number of H-pyrrole nitrogens is 2. The zero-order valence-corrected chi connectivity index (χ0v) is 17.4. The van der Waals surface area contributed by atoms with E-state index in [2.05, 4.69) is 41.2 Å². The normalized spacial score (nSPS) is 14.9. The van der Waals surface area contributed by atoms with E-state index in [0.29, 0.717) is 0 Å². The largest absolute Gasteiger partial charge is 0.494 e. The molecule has 0 saturated heterocycles. The number of nitrogens with one attached hydrogen (secondary N) is 2. The summed E-state index contributed by atoms with van der Waals surface area (Å²) < 4.78 is 5.59. The maximum absolute atomic E-state index is 6.04. The molecule has 4 nitrogen and oxygen atoms in total. The van der Waals surface area contributed by atoms with Gasteiger partial charge in [0, 0.05) is 28.7 Å². The third kappa shape index (κ3) is 4.38. The van der Waals surface area contributed by atoms with Crippen molar-refractivity contribution in [3.05, 3.63) is 99.4 Å². The minimum atomic E-state index is 0.754. The lowest BCUT2D eigenvalue weighted by molar-refractivity contribution is 0.303. The molecule has 0 unspecified atom stereocenters. The third-order valence-electron chi connectivity index (χ3n) is 4.95. The van der Waals surface area contributed by atoms with Crippen molar-refractivity contribution in [2.75, 3.05) is 7.11 Å². The molecule has 0 fully saturated rings. The van der Waals surface area contributed by atoms with E-state index < -0.39 is 0 Å². The zero-order chi connectivity index (χ0) is 20.2. The van der Waals surface area contributed by atoms with Crippen molar-refractivity contribution in [3.8, 4) is 0 Å². The molecule has 0 atom stereocenters. The molecule has 0 bridgehead atoms. The molecule has 5 heteroatoms. The second kappa shape index (κ2) is 8.58. The molecule has 29 heavy (non-hydrogen) atoms. The SMILES string of the molecule is CCCc1cc(Cc2ccc(Cl)cc2)c(/C=C2\N=C(c3ccc[nH]3)C=C2OC)[nH]1. The monoisotopic (exact) mass is 405 g/mol. The molecule has 1 aromatic carbocycles. The summed E-state index contributed by atoms with van der Waals surface area (Å²) in [7, 11) is 1.68. The molecule has 0 amide bonds. The van der Waals surface area contributed by atoms with Crippen LogP contribution in [0.3, 0.4) is 0 Å². The lowest BCUT2D eigenvalue weighted by Gasteiger charge is -2.04. The topological polar surface area (TPSA) is 53.2 Å². The highest BCUT2D eigenvalue weighted by Gasteiger charge is 2.18. The van der Waals surface area contributed by atoms with Crippen molar-refractivity contribution in [2.24, 2.45) is 4.99 Å². The van der Waals surface area contributed by atoms with Gasteiger partial charge in [0.2, 0.25) is 0 Å². The number of ether oxygens (including phenoxy) is 1. The summed E-state index contributed by atoms with van der Waals surface area (Å²) in [6, 6.07) is 14.2. The van der Waals surface area contributed by atoms with Gasteiger partial charge in [0.15, 0.2) is 0 Å². The van der Waals surface area contributed by atoms with Gasteiger partial charge < -0.3 is 14.7 Å². The van der Waals surface area contributed by atoms with E-state index in [-0.39, 0.29) is 0 Å². The maximum atomic E-state index is 6.04. The van der Waals surface area contributed by atoms with Crippen LogP contribution in [0.4, 0.5) is 0 Å². The van der Waals surface area contributed by atoms with Gasteiger partial charge in [-0.3, -0.25) is 0 Å². The Kier molecular flexibility index (Phi) is 5.72. The fourth-order valence-corrected chi connectivity index (χ4v) is 3.65. The second-order valence-electron chi connectivity index (χ2n) is 7.11. The maximum Gasteiger partial charge on any atom is 0.146 e. The summed E-state index contributed by atoms with van der Waals surface area (Å²) in [5, 5.41) is 0.754. The van der Waals surface area contributed by atoms with Crippen molar-refractivity contribution in [3.63, 3.8) is 0 Å². The summed E-state index contributed by atoms with van der Waals surface area (Å²) >= 11 is 6.04. The van der Waals surface area contributed by atoms with Gasteiger partial charge in [0.25, 0.3) is 0 Å². The van der Waals surface area contributed by atoms with Gasteiger partial charge in [0.05, 0.1) is 18.5 Å². The molecule has 0 radical (unpaired) electrons. The molecular formula is C24H24ClN3O. The Morgan fingerprint density at radius 3 is 2.69 bits per heavy atom. The first-order chi connectivity index (χ1) is 14.2. The first-order valence-electron chi connectivity index (χ1n) is 9.81. The molecule has 2 aromatic heterocycles. The van der Waals surface area contributed by atoms with E-state index in [1.54, 1.807) is 7.11 Å². The highest BCUT2D eigenvalue weighted by atomic mass is 35.5. The van der Waals surface area contributed by atoms with E-state index in [9.17, 15) is 0 Å². The van der Waals surface area contributed by atoms with Crippen LogP contribution in [0.5, 0.6) is 0 Å². The first kappa shape index (κ1) is 19.3. The van der Waals surface area contributed by atoms with Gasteiger partial charge in [-0.1, -0.05) is 37.1 Å². The predicted molar refractivity (Wildman–Crippen MR) is 119 cm³/mol. The van der Waals surface area contributed by atoms with Gasteiger partial charge in [-0.2, -0.15) is 0 Å². The molecule has 1 aliphatic rings. The zero-order valence-electron chi connectivity index (χ0n) is 16.6. The fraction of sp³-hybridized carbons (Fsp3) is 0.208. The standard InChI is InChI=1S/C24H24ClN3O/c1-3-5-19-13-17(12-16-7-9-18(25)10-8-16)21(27-19)14-23-24(29-2)15-22(28-23)20-6-4-11-26-20/h4,6-11,13-15,26-27H,3,5,12H2,1-2H3/b23-14-. The molecule has 0 aliphatic carbocycles. The number of benzene rings is 1. The number of aromatic nitrogens is 2. The first-order valence-corrected chi connectivity index (χ1v) is 10.2. The Labute approximate surface area is 176 Å². The Hall–Kier alpha value is -2.98. The average Bonchev–Trinajstić information content (AvgIpc) is 3.45. The van der Waals surface area contributed by atoms with Gasteiger partial charge >= 0.3 is 0 Å². The van der Waals surface area contributed by atoms with Gasteiger partial charge in [-0.25, -0.2) is 4.99 Å². The molecular weight excluding hydrogens is 382 g/mol. The Morgan fingerprint density at radius 2 is 2.00 bits per heavy atom. The van der Waals surface area contributed by atoms with Crippen LogP contribution in [0, 0.1) is 0 Å². The van der Waals surface area contributed by atoms with Crippen molar-refractivity contribution >= 4 is 23.4 Å². The third-order valence-corrected chi connectivity index (χ3v) is 5.20. The van der Waals surface area contributed by atoms with Crippen LogP contribution >= 0.6 is 11.6 Å². The molecule has 0 saturated carbocycles. The summed E-state index contributed by atoms with van der Waals surface area (Å²) in [6.07, 6.45) is 8.87. The number of aryl methyl sites for hydroxylation is 1. The molecule has 2 N–H and O–H groups in total. The van der Waals surface area contributed by atoms with Crippen LogP contribution in [0.25, 0.3) is 6.08 Å². The lowest BCUT2D eigenvalue weighted by Crippen LogP contribution is -1.93. The summed E-state index contributed by atoms with van der Waals surface area (Å²) in [4.78, 5) is 11.6. The summed E-state index contributed by atoms with van der Waals surface area (Å²) in [6.45, 7) is 2.19. The molecule has 0 spiro atoms. The summed E-state index contributed by atoms with van der Waals surface area (Å²) in [5.41, 5.74) is 7.43. The number of hydrogen-bond donors (Lipinski definition) is 2. The average molecular weight is 406 g/mol. The number of nitrogens with zero attached hydrogens (tertiary/aromatic N) is 1. The van der Waals surface area contributed by atoms with Gasteiger partial charge in [-0.15, -0.1) is 0 Å². The summed E-state index contributed by atoms with van der Waals surface area (Å²) in [5.74, 6) is 0.763. The van der Waals surface area contributed by atoms with Gasteiger partial charge in [0.1, 0.15) is 11.5 Å². The van der Waals surface area contributed by atoms with Crippen LogP contribution in [0.1, 0.15) is 41.6 Å². The fourth-order valence-electron chi connectivity index (χ4n) is 3.53. The quantitative estimate of drug-likeness (QED) is 0.504. The smallest absolute Gasteiger partial charge is 0.146 e. The lowest BCUT2D eigenvalue weighted by atomic mass is 10.0. The molecule has 1 aliphatic heterocycles. The number of halogens is 1. The number of aliphatic imine (C=N–C) groups is 1.